The molecule has 0 bridgehead atoms. The summed E-state index contributed by atoms with van der Waals surface area (Å²) in [5.41, 5.74) is 8.39. The summed E-state index contributed by atoms with van der Waals surface area (Å²) < 4.78 is 6.22. The molecule has 4 aliphatic carbocycles. The van der Waals surface area contributed by atoms with E-state index in [0.717, 1.165) is 82.0 Å². The number of hydrogen-bond acceptors (Lipinski definition) is 6. The summed E-state index contributed by atoms with van der Waals surface area (Å²) in [7, 11) is 0. The van der Waals surface area contributed by atoms with E-state index in [-0.39, 0.29) is 17.9 Å². The molecule has 3 heterocycles. The Balaban J connectivity index is 0.859. The van der Waals surface area contributed by atoms with Gasteiger partial charge < -0.3 is 19.8 Å². The zero-order valence-corrected chi connectivity index (χ0v) is 27.4. The van der Waals surface area contributed by atoms with Gasteiger partial charge in [0.1, 0.15) is 18.1 Å². The van der Waals surface area contributed by atoms with E-state index >= 15 is 0 Å². The number of Topliss-reactive ketones (excluding diaryl/α,β-unsaturated/α-hetero) is 1. The minimum absolute atomic E-state index is 0.0314. The van der Waals surface area contributed by atoms with Crippen molar-refractivity contribution in [2.24, 2.45) is 39.7 Å². The molecule has 1 N–H and O–H groups in total. The van der Waals surface area contributed by atoms with Crippen molar-refractivity contribution in [3.8, 4) is 5.75 Å². The van der Waals surface area contributed by atoms with Gasteiger partial charge in [0.15, 0.2) is 6.61 Å². The van der Waals surface area contributed by atoms with Gasteiger partial charge >= 0.3 is 0 Å². The first-order valence-electron chi connectivity index (χ1n) is 18.1. The smallest absolute Gasteiger partial charge is 0.260 e. The highest BCUT2D eigenvalue weighted by atomic mass is 16.6. The highest BCUT2D eigenvalue weighted by molar-refractivity contribution is 5.92. The van der Waals surface area contributed by atoms with E-state index in [2.05, 4.69) is 41.4 Å². The van der Waals surface area contributed by atoms with Crippen molar-refractivity contribution >= 4 is 28.7 Å². The molecule has 4 fully saturated rings. The molecule has 1 aromatic rings. The van der Waals surface area contributed by atoms with E-state index in [0.29, 0.717) is 36.2 Å². The Hall–Kier alpha value is -2.83. The van der Waals surface area contributed by atoms with E-state index in [4.69, 9.17) is 9.57 Å². The summed E-state index contributed by atoms with van der Waals surface area (Å²) >= 11 is 0. The quantitative estimate of drug-likeness (QED) is 0.364. The fourth-order valence-electron chi connectivity index (χ4n) is 11.3. The second kappa shape index (κ2) is 11.5. The Morgan fingerprint density at radius 2 is 1.93 bits per heavy atom. The Morgan fingerprint density at radius 1 is 1.07 bits per heavy atom. The molecule has 0 radical (unpaired) electrons. The van der Waals surface area contributed by atoms with Gasteiger partial charge in [0.2, 0.25) is 0 Å². The van der Waals surface area contributed by atoms with Crippen LogP contribution >= 0.6 is 0 Å². The molecule has 8 rings (SSSR count). The third kappa shape index (κ3) is 4.93. The van der Waals surface area contributed by atoms with Crippen LogP contribution in [0.2, 0.25) is 0 Å². The van der Waals surface area contributed by atoms with Crippen LogP contribution < -0.4 is 15.0 Å². The number of ether oxygens (including phenoxy) is 1. The zero-order valence-electron chi connectivity index (χ0n) is 27.4. The average Bonchev–Trinajstić information content (AvgIpc) is 3.38. The largest absolute Gasteiger partial charge is 0.489 e. The van der Waals surface area contributed by atoms with Crippen LogP contribution in [0.3, 0.4) is 0 Å². The number of benzene rings is 1. The number of rotatable bonds is 6. The van der Waals surface area contributed by atoms with Gasteiger partial charge in [-0.05, 0) is 129 Å². The first-order chi connectivity index (χ1) is 21.8. The lowest BCUT2D eigenvalue weighted by Gasteiger charge is -2.59. The highest BCUT2D eigenvalue weighted by Crippen LogP contribution is 2.65. The van der Waals surface area contributed by atoms with Crippen LogP contribution in [0, 0.1) is 34.5 Å². The number of amides is 1. The van der Waals surface area contributed by atoms with Crippen LogP contribution in [0.25, 0.3) is 5.57 Å². The number of oxime groups is 1. The van der Waals surface area contributed by atoms with Gasteiger partial charge in [-0.1, -0.05) is 19.0 Å². The second-order valence-corrected chi connectivity index (χ2v) is 15.8. The predicted molar refractivity (Wildman–Crippen MR) is 177 cm³/mol. The lowest BCUT2D eigenvalue weighted by Crippen LogP contribution is -2.53. The zero-order chi connectivity index (χ0) is 30.8. The van der Waals surface area contributed by atoms with Crippen LogP contribution in [0.1, 0.15) is 108 Å². The maximum atomic E-state index is 12.8. The van der Waals surface area contributed by atoms with Crippen LogP contribution in [-0.2, 0) is 27.3 Å². The summed E-state index contributed by atoms with van der Waals surface area (Å²) in [6.45, 7) is 8.38. The molecule has 7 aliphatic rings. The highest BCUT2D eigenvalue weighted by Gasteiger charge is 2.59. The molecule has 45 heavy (non-hydrogen) atoms. The third-order valence-electron chi connectivity index (χ3n) is 13.7. The summed E-state index contributed by atoms with van der Waals surface area (Å²) in [6.07, 6.45) is 17.3. The molecule has 1 aromatic carbocycles. The number of anilines is 1. The number of carbonyl (C=O) groups excluding carboxylic acids is 2. The molecule has 0 aromatic heterocycles. The fourth-order valence-corrected chi connectivity index (χ4v) is 11.3. The maximum Gasteiger partial charge on any atom is 0.260 e. The standard InChI is InChI=1S/C38H51N3O4/c1-37-15-11-27(42)22-26(37)7-8-28-31-9-10-33(38(31,2)16-12-32(28)37)40-45-23-34(43)39-17-13-24-14-20-44-36-29-6-4-19-41-18-3-5-25(35(29)41)21-30(24)36/h14,21,26,28,31-32H,3-13,15-20,22-23H2,1-2H3,(H,39,43)/b40-33-/t26-,28-,31-,32-,37-,38-/m0/s1. The first kappa shape index (κ1) is 29.6. The van der Waals surface area contributed by atoms with Gasteiger partial charge in [-0.25, -0.2) is 0 Å². The Kier molecular flexibility index (Phi) is 7.52. The van der Waals surface area contributed by atoms with Gasteiger partial charge in [-0.2, -0.15) is 0 Å². The molecule has 7 nitrogen and oxygen atoms in total. The van der Waals surface area contributed by atoms with Crippen molar-refractivity contribution in [2.45, 2.75) is 104 Å². The summed E-state index contributed by atoms with van der Waals surface area (Å²) in [5.74, 6) is 4.14. The van der Waals surface area contributed by atoms with Gasteiger partial charge in [0.05, 0.1) is 5.71 Å². The van der Waals surface area contributed by atoms with Crippen molar-refractivity contribution < 1.29 is 19.2 Å². The number of carbonyl (C=O) groups is 2. The van der Waals surface area contributed by atoms with E-state index in [1.807, 2.05) is 0 Å². The number of aryl methyl sites for hydroxylation is 1. The lowest BCUT2D eigenvalue weighted by molar-refractivity contribution is -0.136. The molecular formula is C38H51N3O4. The molecule has 4 saturated carbocycles. The van der Waals surface area contributed by atoms with Gasteiger partial charge in [0, 0.05) is 54.7 Å². The summed E-state index contributed by atoms with van der Waals surface area (Å²) in [5, 5.41) is 7.73. The Bertz CT molecular complexity index is 1450. The second-order valence-electron chi connectivity index (χ2n) is 15.8. The topological polar surface area (TPSA) is 80.2 Å². The van der Waals surface area contributed by atoms with Crippen molar-refractivity contribution in [1.29, 1.82) is 0 Å². The van der Waals surface area contributed by atoms with Gasteiger partial charge in [-0.3, -0.25) is 9.59 Å². The monoisotopic (exact) mass is 613 g/mol. The van der Waals surface area contributed by atoms with Gasteiger partial charge in [-0.15, -0.1) is 0 Å². The maximum absolute atomic E-state index is 12.8. The number of ketones is 1. The molecule has 1 amide bonds. The van der Waals surface area contributed by atoms with E-state index in [1.165, 1.54) is 72.2 Å². The summed E-state index contributed by atoms with van der Waals surface area (Å²) in [6, 6.07) is 2.36. The third-order valence-corrected chi connectivity index (χ3v) is 13.7. The van der Waals surface area contributed by atoms with Crippen LogP contribution in [0.5, 0.6) is 5.75 Å². The first-order valence-corrected chi connectivity index (χ1v) is 18.1. The van der Waals surface area contributed by atoms with E-state index < -0.39 is 0 Å². The molecule has 0 spiro atoms. The average molecular weight is 614 g/mol. The van der Waals surface area contributed by atoms with Crippen molar-refractivity contribution in [3.05, 3.63) is 28.8 Å². The fraction of sp³-hybridized carbons (Fsp3) is 0.711. The molecule has 0 saturated heterocycles. The number of hydrogen-bond donors (Lipinski definition) is 1. The normalized spacial score (nSPS) is 35.7. The van der Waals surface area contributed by atoms with Gasteiger partial charge in [0.25, 0.3) is 5.91 Å². The molecule has 6 atom stereocenters. The number of nitrogens with zero attached hydrogens (tertiary/aromatic N) is 2. The Labute approximate surface area is 268 Å². The van der Waals surface area contributed by atoms with Crippen molar-refractivity contribution in [1.82, 2.24) is 5.32 Å². The minimum atomic E-state index is -0.107. The van der Waals surface area contributed by atoms with Crippen molar-refractivity contribution in [3.63, 3.8) is 0 Å². The molecule has 242 valence electrons. The van der Waals surface area contributed by atoms with Crippen LogP contribution in [0.15, 0.2) is 17.3 Å². The van der Waals surface area contributed by atoms with E-state index in [1.54, 1.807) is 0 Å². The van der Waals surface area contributed by atoms with E-state index in [9.17, 15) is 9.59 Å². The van der Waals surface area contributed by atoms with Crippen LogP contribution in [0.4, 0.5) is 5.69 Å². The van der Waals surface area contributed by atoms with Crippen molar-refractivity contribution in [2.75, 3.05) is 37.7 Å². The lowest BCUT2D eigenvalue weighted by atomic mass is 9.45. The Morgan fingerprint density at radius 3 is 2.82 bits per heavy atom. The molecule has 3 aliphatic heterocycles. The van der Waals surface area contributed by atoms with Crippen LogP contribution in [-0.4, -0.2) is 50.3 Å². The minimum Gasteiger partial charge on any atom is -0.489 e. The summed E-state index contributed by atoms with van der Waals surface area (Å²) in [4.78, 5) is 33.3. The molecular weight excluding hydrogens is 562 g/mol. The SMILES string of the molecule is C[C@]12CCC(=O)C[C@@H]1CC[C@@H]1[C@@H]2CC[C@]2(C)/C(=N\OCC(=O)NCCC3=CCOc4c3cc3c5c4CCCN5CCC3)CC[C@@H]12. The molecule has 0 unspecified atom stereocenters. The molecule has 7 heteroatoms. The predicted octanol–water partition coefficient (Wildman–Crippen LogP) is 6.65. The number of nitrogens with one attached hydrogen (secondary N) is 1. The number of fused-ring (bicyclic) bond motifs is 7.